The number of hydrogen-bond acceptors (Lipinski definition) is 3. The second-order valence-electron chi connectivity index (χ2n) is 9.00. The molecule has 0 saturated carbocycles. The quantitative estimate of drug-likeness (QED) is 0.384. The first-order valence-electron chi connectivity index (χ1n) is 12.0. The molecule has 5 rings (SSSR count). The summed E-state index contributed by atoms with van der Waals surface area (Å²) in [4.78, 5) is 2.41. The Morgan fingerprint density at radius 2 is 1.55 bits per heavy atom. The fourth-order valence-corrected chi connectivity index (χ4v) is 4.94. The predicted molar refractivity (Wildman–Crippen MR) is 134 cm³/mol. The number of likely N-dealkylation sites (tertiary alicyclic amines) is 1. The molecule has 4 aromatic rings. The van der Waals surface area contributed by atoms with E-state index in [0.29, 0.717) is 13.2 Å². The molecule has 0 amide bonds. The summed E-state index contributed by atoms with van der Waals surface area (Å²) in [6.07, 6.45) is 5.35. The van der Waals surface area contributed by atoms with Gasteiger partial charge in [0.25, 0.3) is 0 Å². The number of rotatable bonds is 8. The predicted octanol–water partition coefficient (Wildman–Crippen LogP) is 5.66. The van der Waals surface area contributed by atoms with Crippen LogP contribution in [0.1, 0.15) is 36.4 Å². The fourth-order valence-electron chi connectivity index (χ4n) is 4.94. The summed E-state index contributed by atoms with van der Waals surface area (Å²) in [5.74, 6) is 0.856. The van der Waals surface area contributed by atoms with Crippen molar-refractivity contribution in [2.45, 2.75) is 38.0 Å². The minimum absolute atomic E-state index is 0.137. The molecule has 4 heteroatoms. The van der Waals surface area contributed by atoms with E-state index in [-0.39, 0.29) is 6.04 Å². The lowest BCUT2D eigenvalue weighted by Crippen LogP contribution is -2.40. The molecular formula is C29H32N2O2. The molecule has 1 aliphatic heterocycles. The molecule has 2 atom stereocenters. The van der Waals surface area contributed by atoms with Gasteiger partial charge in [0.05, 0.1) is 12.1 Å². The van der Waals surface area contributed by atoms with Crippen molar-refractivity contribution in [2.75, 3.05) is 19.6 Å². The number of aliphatic hydroxyl groups is 1. The SMILES string of the molecule is O[C@H](CN1CCCCC1)[C@H](c1ccccc1)n1ccc2cc(OCc3ccccc3)ccc21. The standard InChI is InChI=1S/C29H32N2O2/c32-28(21-30-17-8-3-9-18-30)29(24-12-6-2-7-13-24)31-19-16-25-20-26(14-15-27(25)31)33-22-23-10-4-1-5-11-23/h1-2,4-7,10-16,19-20,28-29,32H,3,8-9,17-18,21-22H2/t28-,29+/m1/s1. The van der Waals surface area contributed by atoms with Gasteiger partial charge in [-0.2, -0.15) is 0 Å². The van der Waals surface area contributed by atoms with Crippen LogP contribution in [0.2, 0.25) is 0 Å². The zero-order valence-electron chi connectivity index (χ0n) is 19.0. The molecule has 1 aliphatic rings. The van der Waals surface area contributed by atoms with E-state index in [0.717, 1.165) is 40.9 Å². The summed E-state index contributed by atoms with van der Waals surface area (Å²) in [6, 6.07) is 28.8. The van der Waals surface area contributed by atoms with Gasteiger partial charge in [-0.05, 0) is 61.3 Å². The van der Waals surface area contributed by atoms with E-state index in [4.69, 9.17) is 4.74 Å². The maximum Gasteiger partial charge on any atom is 0.120 e. The average Bonchev–Trinajstić information content (AvgIpc) is 3.28. The van der Waals surface area contributed by atoms with Crippen molar-refractivity contribution < 1.29 is 9.84 Å². The van der Waals surface area contributed by atoms with Crippen LogP contribution >= 0.6 is 0 Å². The van der Waals surface area contributed by atoms with Crippen molar-refractivity contribution in [1.29, 1.82) is 0 Å². The monoisotopic (exact) mass is 440 g/mol. The molecule has 1 aromatic heterocycles. The molecule has 1 fully saturated rings. The Balaban J connectivity index is 1.40. The third-order valence-electron chi connectivity index (χ3n) is 6.64. The molecule has 0 radical (unpaired) electrons. The molecule has 0 aliphatic carbocycles. The highest BCUT2D eigenvalue weighted by molar-refractivity contribution is 5.82. The topological polar surface area (TPSA) is 37.6 Å². The summed E-state index contributed by atoms with van der Waals surface area (Å²) in [7, 11) is 0. The van der Waals surface area contributed by atoms with Crippen LogP contribution in [0.25, 0.3) is 10.9 Å². The van der Waals surface area contributed by atoms with Gasteiger partial charge in [-0.25, -0.2) is 0 Å². The number of fused-ring (bicyclic) bond motifs is 1. The van der Waals surface area contributed by atoms with E-state index in [1.165, 1.54) is 19.3 Å². The first kappa shape index (κ1) is 21.7. The van der Waals surface area contributed by atoms with Crippen LogP contribution in [0, 0.1) is 0 Å². The zero-order valence-corrected chi connectivity index (χ0v) is 19.0. The van der Waals surface area contributed by atoms with Crippen molar-refractivity contribution in [3.05, 3.63) is 102 Å². The second-order valence-corrected chi connectivity index (χ2v) is 9.00. The smallest absolute Gasteiger partial charge is 0.120 e. The Kier molecular flexibility index (Phi) is 6.75. The first-order chi connectivity index (χ1) is 16.3. The van der Waals surface area contributed by atoms with Gasteiger partial charge in [0.1, 0.15) is 12.4 Å². The van der Waals surface area contributed by atoms with Crippen molar-refractivity contribution in [3.63, 3.8) is 0 Å². The van der Waals surface area contributed by atoms with Gasteiger partial charge in [-0.1, -0.05) is 67.1 Å². The maximum atomic E-state index is 11.4. The van der Waals surface area contributed by atoms with Crippen molar-refractivity contribution in [2.24, 2.45) is 0 Å². The molecule has 1 N–H and O–H groups in total. The number of hydrogen-bond donors (Lipinski definition) is 1. The first-order valence-corrected chi connectivity index (χ1v) is 12.0. The van der Waals surface area contributed by atoms with Crippen LogP contribution < -0.4 is 4.74 Å². The lowest BCUT2D eigenvalue weighted by atomic mass is 9.99. The zero-order chi connectivity index (χ0) is 22.5. The van der Waals surface area contributed by atoms with E-state index in [2.05, 4.69) is 70.3 Å². The molecule has 2 heterocycles. The summed E-state index contributed by atoms with van der Waals surface area (Å²) in [5, 5.41) is 12.5. The van der Waals surface area contributed by atoms with Crippen LogP contribution in [-0.4, -0.2) is 40.3 Å². The Morgan fingerprint density at radius 3 is 2.30 bits per heavy atom. The lowest BCUT2D eigenvalue weighted by Gasteiger charge is -2.33. The van der Waals surface area contributed by atoms with E-state index < -0.39 is 6.10 Å². The molecule has 0 spiro atoms. The molecule has 170 valence electrons. The molecule has 33 heavy (non-hydrogen) atoms. The summed E-state index contributed by atoms with van der Waals surface area (Å²) >= 11 is 0. The van der Waals surface area contributed by atoms with E-state index in [1.807, 2.05) is 30.3 Å². The van der Waals surface area contributed by atoms with Gasteiger partial charge in [0.2, 0.25) is 0 Å². The van der Waals surface area contributed by atoms with E-state index >= 15 is 0 Å². The average molecular weight is 441 g/mol. The number of ether oxygens (including phenoxy) is 1. The number of aliphatic hydroxyl groups excluding tert-OH is 1. The van der Waals surface area contributed by atoms with Crippen molar-refractivity contribution in [1.82, 2.24) is 9.47 Å². The Hall–Kier alpha value is -3.08. The van der Waals surface area contributed by atoms with Gasteiger partial charge in [0.15, 0.2) is 0 Å². The number of aromatic nitrogens is 1. The number of β-amino-alcohol motifs (C(OH)–C–C–N with tert-alkyl or cyclic N) is 1. The highest BCUT2D eigenvalue weighted by atomic mass is 16.5. The molecule has 4 nitrogen and oxygen atoms in total. The summed E-state index contributed by atoms with van der Waals surface area (Å²) in [5.41, 5.74) is 3.39. The molecule has 0 unspecified atom stereocenters. The molecule has 0 bridgehead atoms. The van der Waals surface area contributed by atoms with E-state index in [9.17, 15) is 5.11 Å². The molecular weight excluding hydrogens is 408 g/mol. The highest BCUT2D eigenvalue weighted by Gasteiger charge is 2.26. The second kappa shape index (κ2) is 10.2. The largest absolute Gasteiger partial charge is 0.489 e. The summed E-state index contributed by atoms with van der Waals surface area (Å²) in [6.45, 7) is 3.39. The van der Waals surface area contributed by atoms with Gasteiger partial charge in [-0.15, -0.1) is 0 Å². The van der Waals surface area contributed by atoms with Crippen LogP contribution in [0.3, 0.4) is 0 Å². The Morgan fingerprint density at radius 1 is 0.818 bits per heavy atom. The molecule has 3 aromatic carbocycles. The van der Waals surface area contributed by atoms with Gasteiger partial charge >= 0.3 is 0 Å². The van der Waals surface area contributed by atoms with Gasteiger partial charge in [0, 0.05) is 23.6 Å². The Bertz CT molecular complexity index is 1150. The minimum Gasteiger partial charge on any atom is -0.489 e. The normalized spacial score (nSPS) is 16.5. The third-order valence-corrected chi connectivity index (χ3v) is 6.64. The molecule has 1 saturated heterocycles. The maximum absolute atomic E-state index is 11.4. The number of nitrogens with zero attached hydrogens (tertiary/aromatic N) is 2. The third kappa shape index (κ3) is 5.13. The van der Waals surface area contributed by atoms with Crippen LogP contribution in [0.5, 0.6) is 5.75 Å². The fraction of sp³-hybridized carbons (Fsp3) is 0.310. The van der Waals surface area contributed by atoms with Crippen molar-refractivity contribution in [3.8, 4) is 5.75 Å². The summed E-state index contributed by atoms with van der Waals surface area (Å²) < 4.78 is 8.26. The lowest BCUT2D eigenvalue weighted by molar-refractivity contribution is 0.0737. The van der Waals surface area contributed by atoms with Gasteiger partial charge < -0.3 is 19.3 Å². The van der Waals surface area contributed by atoms with Crippen LogP contribution in [0.15, 0.2) is 91.1 Å². The van der Waals surface area contributed by atoms with E-state index in [1.54, 1.807) is 0 Å². The van der Waals surface area contributed by atoms with Crippen molar-refractivity contribution >= 4 is 10.9 Å². The number of piperidine rings is 1. The Labute approximate surface area is 196 Å². The minimum atomic E-state index is -0.491. The van der Waals surface area contributed by atoms with Crippen LogP contribution in [-0.2, 0) is 6.61 Å². The van der Waals surface area contributed by atoms with Crippen LogP contribution in [0.4, 0.5) is 0 Å². The highest BCUT2D eigenvalue weighted by Crippen LogP contribution is 2.31. The number of benzene rings is 3. The van der Waals surface area contributed by atoms with Gasteiger partial charge in [-0.3, -0.25) is 0 Å².